The summed E-state index contributed by atoms with van der Waals surface area (Å²) in [4.78, 5) is 0. The van der Waals surface area contributed by atoms with Crippen molar-refractivity contribution in [2.24, 2.45) is 0 Å². The zero-order valence-corrected chi connectivity index (χ0v) is 14.9. The van der Waals surface area contributed by atoms with Crippen molar-refractivity contribution in [3.05, 3.63) is 41.5 Å². The van der Waals surface area contributed by atoms with Gasteiger partial charge in [0.05, 0.1) is 0 Å². The monoisotopic (exact) mass is 359 g/mol. The van der Waals surface area contributed by atoms with Gasteiger partial charge in [-0.05, 0) is 6.42 Å². The number of hydrogen-bond acceptors (Lipinski definition) is 0. The molecule has 0 fully saturated rings. The standard InChI is InChI=1S/C15H19.2ClH.Zr/c1-3-6-12-10-11-13(7-4-2)15-9-5-8-14(12)15;;;/h5,8-11H,3-4,6-7H2,1-2H3;2*1H;/q-1;;;+3/p-2. The summed E-state index contributed by atoms with van der Waals surface area (Å²) in [6, 6.07) is 11.3. The molecule has 0 unspecified atom stereocenters. The van der Waals surface area contributed by atoms with Crippen LogP contribution in [0.4, 0.5) is 0 Å². The first-order valence-electron chi connectivity index (χ1n) is 6.03. The smallest absolute Gasteiger partial charge is 1.00 e. The van der Waals surface area contributed by atoms with Gasteiger partial charge in [-0.15, -0.1) is 28.5 Å². The molecule has 2 aromatic rings. The van der Waals surface area contributed by atoms with E-state index in [1.165, 1.54) is 47.6 Å². The van der Waals surface area contributed by atoms with E-state index in [0.29, 0.717) is 0 Å². The number of rotatable bonds is 4. The van der Waals surface area contributed by atoms with E-state index in [1.807, 2.05) is 0 Å². The summed E-state index contributed by atoms with van der Waals surface area (Å²) in [6.07, 6.45) is 4.86. The van der Waals surface area contributed by atoms with E-state index in [9.17, 15) is 0 Å². The molecule has 0 aliphatic carbocycles. The fourth-order valence-electron chi connectivity index (χ4n) is 2.34. The van der Waals surface area contributed by atoms with Crippen LogP contribution in [0, 0.1) is 0 Å². The van der Waals surface area contributed by atoms with E-state index in [0.717, 1.165) is 0 Å². The van der Waals surface area contributed by atoms with Gasteiger partial charge in [0.2, 0.25) is 0 Å². The second-order valence-corrected chi connectivity index (χ2v) is 4.24. The Labute approximate surface area is 142 Å². The van der Waals surface area contributed by atoms with Crippen molar-refractivity contribution in [2.75, 3.05) is 0 Å². The molecular weight excluding hydrogens is 342 g/mol. The average Bonchev–Trinajstić information content (AvgIpc) is 2.71. The van der Waals surface area contributed by atoms with Gasteiger partial charge in [0.1, 0.15) is 0 Å². The van der Waals surface area contributed by atoms with Crippen LogP contribution in [-0.2, 0) is 39.0 Å². The molecular formula is C15H19Cl2Zr. The van der Waals surface area contributed by atoms with E-state index >= 15 is 0 Å². The number of fused-ring (bicyclic) bond motifs is 1. The Morgan fingerprint density at radius 3 is 2.06 bits per heavy atom. The van der Waals surface area contributed by atoms with Crippen LogP contribution in [0.25, 0.3) is 10.8 Å². The summed E-state index contributed by atoms with van der Waals surface area (Å²) in [7, 11) is 0. The maximum absolute atomic E-state index is 2.32. The molecule has 0 bridgehead atoms. The van der Waals surface area contributed by atoms with Crippen LogP contribution in [0.3, 0.4) is 0 Å². The minimum atomic E-state index is 0. The number of benzene rings is 1. The molecule has 0 amide bonds. The Morgan fingerprint density at radius 2 is 1.44 bits per heavy atom. The van der Waals surface area contributed by atoms with Gasteiger partial charge in [0, 0.05) is 0 Å². The van der Waals surface area contributed by atoms with Gasteiger partial charge in [0.15, 0.2) is 0 Å². The van der Waals surface area contributed by atoms with Crippen molar-refractivity contribution >= 4 is 10.8 Å². The zero-order chi connectivity index (χ0) is 10.7. The SMILES string of the molecule is CCCc1ccc(CCC)c2[cH-]ccc12.[Cl-].[Cl-].[Zr+3]. The molecule has 0 saturated carbocycles. The molecule has 2 aromatic carbocycles. The fourth-order valence-corrected chi connectivity index (χ4v) is 2.34. The van der Waals surface area contributed by atoms with Gasteiger partial charge in [-0.3, -0.25) is 0 Å². The maximum Gasteiger partial charge on any atom is 3.00 e. The summed E-state index contributed by atoms with van der Waals surface area (Å²) in [5.41, 5.74) is 3.02. The van der Waals surface area contributed by atoms with Crippen molar-refractivity contribution in [1.82, 2.24) is 0 Å². The predicted octanol–water partition coefficient (Wildman–Crippen LogP) is -1.53. The van der Waals surface area contributed by atoms with Crippen molar-refractivity contribution in [2.45, 2.75) is 39.5 Å². The largest absolute Gasteiger partial charge is 3.00 e. The van der Waals surface area contributed by atoms with Gasteiger partial charge in [-0.25, -0.2) is 0 Å². The quantitative estimate of drug-likeness (QED) is 0.580. The van der Waals surface area contributed by atoms with Gasteiger partial charge in [-0.2, -0.15) is 12.1 Å². The van der Waals surface area contributed by atoms with Crippen LogP contribution in [0.15, 0.2) is 30.3 Å². The predicted molar refractivity (Wildman–Crippen MR) is 67.5 cm³/mol. The van der Waals surface area contributed by atoms with Crippen LogP contribution in [0.5, 0.6) is 0 Å². The molecule has 0 saturated heterocycles. The van der Waals surface area contributed by atoms with Crippen molar-refractivity contribution in [1.29, 1.82) is 0 Å². The third-order valence-corrected chi connectivity index (χ3v) is 3.03. The number of aryl methyl sites for hydroxylation is 2. The summed E-state index contributed by atoms with van der Waals surface area (Å²) in [6.45, 7) is 4.49. The Balaban J connectivity index is 0. The maximum atomic E-state index is 2.32. The molecule has 0 spiro atoms. The van der Waals surface area contributed by atoms with Crippen molar-refractivity contribution in [3.8, 4) is 0 Å². The number of halogens is 2. The van der Waals surface area contributed by atoms with Crippen LogP contribution < -0.4 is 24.8 Å². The third-order valence-electron chi connectivity index (χ3n) is 3.03. The van der Waals surface area contributed by atoms with Crippen molar-refractivity contribution < 1.29 is 51.0 Å². The Kier molecular flexibility index (Phi) is 11.6. The Morgan fingerprint density at radius 1 is 0.889 bits per heavy atom. The van der Waals surface area contributed by atoms with Crippen molar-refractivity contribution in [3.63, 3.8) is 0 Å². The second kappa shape index (κ2) is 10.1. The van der Waals surface area contributed by atoms with Gasteiger partial charge in [-0.1, -0.05) is 44.7 Å². The molecule has 0 aliphatic heterocycles. The van der Waals surface area contributed by atoms with Crippen LogP contribution in [0.1, 0.15) is 37.8 Å². The molecule has 18 heavy (non-hydrogen) atoms. The fraction of sp³-hybridized carbons (Fsp3) is 0.400. The molecule has 0 heterocycles. The minimum absolute atomic E-state index is 0. The summed E-state index contributed by atoms with van der Waals surface area (Å²) < 4.78 is 0. The van der Waals surface area contributed by atoms with Gasteiger partial charge in [0.25, 0.3) is 0 Å². The summed E-state index contributed by atoms with van der Waals surface area (Å²) >= 11 is 0. The van der Waals surface area contributed by atoms with Crippen LogP contribution in [0.2, 0.25) is 0 Å². The molecule has 0 N–H and O–H groups in total. The second-order valence-electron chi connectivity index (χ2n) is 4.24. The minimum Gasteiger partial charge on any atom is -1.00 e. The molecule has 0 aliphatic rings. The van der Waals surface area contributed by atoms with E-state index in [1.54, 1.807) is 0 Å². The zero-order valence-electron chi connectivity index (χ0n) is 11.0. The molecule has 97 valence electrons. The van der Waals surface area contributed by atoms with E-state index < -0.39 is 0 Å². The Bertz CT molecular complexity index is 409. The summed E-state index contributed by atoms with van der Waals surface area (Å²) in [5, 5.41) is 2.95. The molecule has 0 nitrogen and oxygen atoms in total. The van der Waals surface area contributed by atoms with E-state index in [-0.39, 0.29) is 51.0 Å². The van der Waals surface area contributed by atoms with E-state index in [2.05, 4.69) is 44.2 Å². The first-order chi connectivity index (χ1) is 7.36. The Hall–Kier alpha value is 0.293. The molecule has 1 radical (unpaired) electrons. The molecule has 0 atom stereocenters. The third kappa shape index (κ3) is 4.44. The van der Waals surface area contributed by atoms with E-state index in [4.69, 9.17) is 0 Å². The first kappa shape index (κ1) is 20.6. The summed E-state index contributed by atoms with van der Waals surface area (Å²) in [5.74, 6) is 0. The molecule has 0 aromatic heterocycles. The average molecular weight is 361 g/mol. The first-order valence-corrected chi connectivity index (χ1v) is 6.03. The number of hydrogen-bond donors (Lipinski definition) is 0. The van der Waals surface area contributed by atoms with Gasteiger partial charge < -0.3 is 24.8 Å². The normalized spacial score (nSPS) is 9.22. The van der Waals surface area contributed by atoms with Crippen LogP contribution in [-0.4, -0.2) is 0 Å². The molecule has 2 rings (SSSR count). The van der Waals surface area contributed by atoms with Crippen LogP contribution >= 0.6 is 0 Å². The van der Waals surface area contributed by atoms with Gasteiger partial charge >= 0.3 is 26.2 Å². The topological polar surface area (TPSA) is 0 Å². The molecule has 3 heteroatoms.